The maximum Gasteiger partial charge on any atom is 0.343 e. The van der Waals surface area contributed by atoms with Gasteiger partial charge in [-0.25, -0.2) is 14.4 Å². The van der Waals surface area contributed by atoms with Gasteiger partial charge in [0.15, 0.2) is 5.69 Å². The smallest absolute Gasteiger partial charge is 0.343 e. The molecule has 1 fully saturated rings. The van der Waals surface area contributed by atoms with Crippen LogP contribution in [0.4, 0.5) is 5.69 Å². The molecule has 0 atom stereocenters. The summed E-state index contributed by atoms with van der Waals surface area (Å²) >= 11 is 0. The van der Waals surface area contributed by atoms with Crippen LogP contribution in [0.2, 0.25) is 0 Å². The minimum atomic E-state index is -0.491. The average molecular weight is 646 g/mol. The quantitative estimate of drug-likeness (QED) is 0.0623. The summed E-state index contributed by atoms with van der Waals surface area (Å²) in [5, 5.41) is 0. The first-order valence-corrected chi connectivity index (χ1v) is 16.3. The van der Waals surface area contributed by atoms with Crippen LogP contribution >= 0.6 is 0 Å². The van der Waals surface area contributed by atoms with E-state index >= 15 is 0 Å². The zero-order valence-electron chi connectivity index (χ0n) is 27.5. The monoisotopic (exact) mass is 645 g/mol. The van der Waals surface area contributed by atoms with Crippen LogP contribution in [-0.4, -0.2) is 45.0 Å². The van der Waals surface area contributed by atoms with Gasteiger partial charge in [-0.05, 0) is 90.0 Å². The number of fused-ring (bicyclic) bond motifs is 3. The van der Waals surface area contributed by atoms with E-state index in [4.69, 9.17) is 30.3 Å². The number of ether oxygens (including phenoxy) is 5. The van der Waals surface area contributed by atoms with E-state index in [1.54, 1.807) is 60.7 Å². The Labute approximate surface area is 281 Å². The number of rotatable bonds is 13. The third-order valence-electron chi connectivity index (χ3n) is 9.29. The van der Waals surface area contributed by atoms with Crippen molar-refractivity contribution in [2.45, 2.75) is 45.4 Å². The normalized spacial score (nSPS) is 15.0. The van der Waals surface area contributed by atoms with Gasteiger partial charge < -0.3 is 23.7 Å². The summed E-state index contributed by atoms with van der Waals surface area (Å²) in [6.45, 7) is 17.1. The first kappa shape index (κ1) is 33.0. The lowest BCUT2D eigenvalue weighted by Crippen LogP contribution is -2.45. The van der Waals surface area contributed by atoms with E-state index in [2.05, 4.69) is 25.6 Å². The highest BCUT2D eigenvalue weighted by Crippen LogP contribution is 2.50. The van der Waals surface area contributed by atoms with Crippen molar-refractivity contribution in [1.82, 2.24) is 0 Å². The topological polar surface area (TPSA) is 84.7 Å². The van der Waals surface area contributed by atoms with Crippen LogP contribution in [0.5, 0.6) is 17.2 Å². The van der Waals surface area contributed by atoms with Gasteiger partial charge in [-0.2, -0.15) is 0 Å². The van der Waals surface area contributed by atoms with Gasteiger partial charge >= 0.3 is 11.9 Å². The largest absolute Gasteiger partial charge is 0.494 e. The number of nitrogens with zero attached hydrogens (tertiary/aromatic N) is 1. The molecular weight excluding hydrogens is 606 g/mol. The minimum absolute atomic E-state index is 0.211. The Morgan fingerprint density at radius 3 is 1.77 bits per heavy atom. The Balaban J connectivity index is 1.02. The van der Waals surface area contributed by atoms with Crippen LogP contribution in [0.3, 0.4) is 0 Å². The van der Waals surface area contributed by atoms with Crippen molar-refractivity contribution in [3.05, 3.63) is 119 Å². The zero-order valence-corrected chi connectivity index (χ0v) is 27.5. The molecule has 4 aromatic rings. The van der Waals surface area contributed by atoms with Crippen LogP contribution in [0.15, 0.2) is 84.9 Å². The minimum Gasteiger partial charge on any atom is -0.494 e. The summed E-state index contributed by atoms with van der Waals surface area (Å²) in [5.41, 5.74) is 5.13. The summed E-state index contributed by atoms with van der Waals surface area (Å²) in [6.07, 6.45) is 2.87. The number of unbranched alkanes of at least 4 members (excludes halogenated alkanes) is 1. The van der Waals surface area contributed by atoms with E-state index in [0.29, 0.717) is 47.3 Å². The van der Waals surface area contributed by atoms with Crippen molar-refractivity contribution in [2.24, 2.45) is 5.41 Å². The molecule has 0 bridgehead atoms. The molecule has 246 valence electrons. The lowest BCUT2D eigenvalue weighted by molar-refractivity contribution is -0.150. The molecule has 0 N–H and O–H groups in total. The molecule has 0 aromatic heterocycles. The van der Waals surface area contributed by atoms with Crippen LogP contribution in [0.1, 0.15) is 71.9 Å². The van der Waals surface area contributed by atoms with E-state index in [9.17, 15) is 9.59 Å². The summed E-state index contributed by atoms with van der Waals surface area (Å²) in [7, 11) is 0. The van der Waals surface area contributed by atoms with Crippen LogP contribution in [0.25, 0.3) is 16.0 Å². The maximum absolute atomic E-state index is 13.0. The molecule has 48 heavy (non-hydrogen) atoms. The zero-order chi connectivity index (χ0) is 33.7. The maximum atomic E-state index is 13.0. The van der Waals surface area contributed by atoms with Crippen LogP contribution < -0.4 is 14.2 Å². The molecule has 6 rings (SSSR count). The molecule has 1 heterocycles. The van der Waals surface area contributed by atoms with Crippen LogP contribution in [-0.2, 0) is 14.9 Å². The second kappa shape index (κ2) is 14.0. The number of carbonyl (C=O) groups is 2. The third kappa shape index (κ3) is 6.98. The van der Waals surface area contributed by atoms with Gasteiger partial charge in [-0.15, -0.1) is 0 Å². The second-order valence-corrected chi connectivity index (χ2v) is 13.0. The Bertz CT molecular complexity index is 1830. The van der Waals surface area contributed by atoms with E-state index in [1.807, 2.05) is 24.3 Å². The standard InChI is InChI=1S/C40H39NO7/c1-5-40(25-45-26-40)24-44-20-6-7-21-46-30-14-10-28(11-15-30)38(43)48-32-17-19-34-33-18-16-31(22-35(33)39(2,3)36(34)23-32)47-37(42)27-8-12-29(41-4)13-9-27/h8-19,22-23H,5-7,20-21,24-26H2,1-3H3. The number of hydrogen-bond acceptors (Lipinski definition) is 7. The number of benzene rings is 4. The van der Waals surface area contributed by atoms with Crippen molar-refractivity contribution >= 4 is 17.6 Å². The van der Waals surface area contributed by atoms with E-state index in [-0.39, 0.29) is 5.41 Å². The highest BCUT2D eigenvalue weighted by atomic mass is 16.5. The fourth-order valence-electron chi connectivity index (χ4n) is 6.08. The Morgan fingerprint density at radius 1 is 0.750 bits per heavy atom. The molecule has 8 nitrogen and oxygen atoms in total. The Kier molecular flexibility index (Phi) is 9.63. The third-order valence-corrected chi connectivity index (χ3v) is 9.29. The van der Waals surface area contributed by atoms with Crippen molar-refractivity contribution < 1.29 is 33.3 Å². The average Bonchev–Trinajstić information content (AvgIpc) is 3.30. The Hall–Kier alpha value is -4.97. The summed E-state index contributed by atoms with van der Waals surface area (Å²) in [5.74, 6) is 0.639. The lowest BCUT2D eigenvalue weighted by atomic mass is 9.82. The molecule has 0 saturated carbocycles. The van der Waals surface area contributed by atoms with Gasteiger partial charge in [0.2, 0.25) is 0 Å². The summed E-state index contributed by atoms with van der Waals surface area (Å²) < 4.78 is 28.5. The molecule has 0 radical (unpaired) electrons. The highest BCUT2D eigenvalue weighted by molar-refractivity contribution is 5.92. The number of hydrogen-bond donors (Lipinski definition) is 0. The molecule has 0 amide bonds. The van der Waals surface area contributed by atoms with E-state index in [0.717, 1.165) is 61.3 Å². The van der Waals surface area contributed by atoms with E-state index in [1.165, 1.54) is 0 Å². The predicted molar refractivity (Wildman–Crippen MR) is 182 cm³/mol. The van der Waals surface area contributed by atoms with E-state index < -0.39 is 17.4 Å². The van der Waals surface area contributed by atoms with Gasteiger partial charge in [0, 0.05) is 17.4 Å². The second-order valence-electron chi connectivity index (χ2n) is 13.0. The molecule has 0 unspecified atom stereocenters. The van der Waals surface area contributed by atoms with Crippen molar-refractivity contribution in [3.8, 4) is 28.4 Å². The van der Waals surface area contributed by atoms with Crippen molar-refractivity contribution in [2.75, 3.05) is 33.0 Å². The van der Waals surface area contributed by atoms with Gasteiger partial charge in [0.05, 0.1) is 44.1 Å². The Morgan fingerprint density at radius 2 is 1.27 bits per heavy atom. The first-order valence-electron chi connectivity index (χ1n) is 16.3. The molecule has 8 heteroatoms. The van der Waals surface area contributed by atoms with Gasteiger partial charge in [0.25, 0.3) is 0 Å². The summed E-state index contributed by atoms with van der Waals surface area (Å²) in [4.78, 5) is 29.1. The molecular formula is C40H39NO7. The van der Waals surface area contributed by atoms with Crippen molar-refractivity contribution in [3.63, 3.8) is 0 Å². The molecule has 1 aliphatic carbocycles. The molecule has 1 aliphatic heterocycles. The van der Waals surface area contributed by atoms with Gasteiger partial charge in [0.1, 0.15) is 17.2 Å². The molecule has 2 aliphatic rings. The fraction of sp³-hybridized carbons (Fsp3) is 0.325. The van der Waals surface area contributed by atoms with Crippen molar-refractivity contribution in [1.29, 1.82) is 0 Å². The lowest BCUT2D eigenvalue weighted by Gasteiger charge is -2.40. The molecule has 1 saturated heterocycles. The molecule has 0 spiro atoms. The first-order chi connectivity index (χ1) is 23.2. The predicted octanol–water partition coefficient (Wildman–Crippen LogP) is 8.58. The summed E-state index contributed by atoms with van der Waals surface area (Å²) in [6, 6.07) is 24.6. The number of carbonyl (C=O) groups excluding carboxylic acids is 2. The van der Waals surface area contributed by atoms with Gasteiger partial charge in [-0.3, -0.25) is 0 Å². The van der Waals surface area contributed by atoms with Crippen LogP contribution in [0, 0.1) is 12.0 Å². The molecule has 4 aromatic carbocycles. The SMILES string of the molecule is [C-]#[N+]c1ccc(C(=O)Oc2ccc3c(c2)C(C)(C)c2cc(OC(=O)c4ccc(OCCCCOCC5(CC)COC5)cc4)ccc2-3)cc1. The van der Waals surface area contributed by atoms with Gasteiger partial charge in [-0.1, -0.05) is 57.2 Å². The number of esters is 2. The fourth-order valence-corrected chi connectivity index (χ4v) is 6.08. The highest BCUT2D eigenvalue weighted by Gasteiger charge is 2.37.